The molecule has 2 atom stereocenters. The number of piperidine rings is 1. The zero-order chi connectivity index (χ0) is 13.8. The molecule has 2 unspecified atom stereocenters. The van der Waals surface area contributed by atoms with Gasteiger partial charge in [0.05, 0.1) is 6.10 Å². The van der Waals surface area contributed by atoms with Gasteiger partial charge in [-0.1, -0.05) is 0 Å². The van der Waals surface area contributed by atoms with E-state index in [-0.39, 0.29) is 12.0 Å². The average molecular weight is 269 g/mol. The topological polar surface area (TPSA) is 69.8 Å². The first-order chi connectivity index (χ1) is 9.11. The predicted octanol–water partition coefficient (Wildman–Crippen LogP) is 0.171. The number of nitrogens with zero attached hydrogens (tertiary/aromatic N) is 2. The zero-order valence-electron chi connectivity index (χ0n) is 11.9. The van der Waals surface area contributed by atoms with Crippen LogP contribution in [-0.4, -0.2) is 65.7 Å². The average Bonchev–Trinajstić information content (AvgIpc) is 2.63. The van der Waals surface area contributed by atoms with Gasteiger partial charge < -0.3 is 15.7 Å². The predicted molar refractivity (Wildman–Crippen MR) is 74.7 cm³/mol. The lowest BCUT2D eigenvalue weighted by molar-refractivity contribution is -0.130. The Hall–Kier alpha value is -0.650. The van der Waals surface area contributed by atoms with Crippen LogP contribution < -0.4 is 5.73 Å². The summed E-state index contributed by atoms with van der Waals surface area (Å²) in [7, 11) is 1.85. The Morgan fingerprint density at radius 2 is 2.00 bits per heavy atom. The van der Waals surface area contributed by atoms with Crippen molar-refractivity contribution in [2.45, 2.75) is 56.7 Å². The van der Waals surface area contributed by atoms with E-state index in [4.69, 9.17) is 5.73 Å². The lowest BCUT2D eigenvalue weighted by atomic mass is 10.00. The maximum atomic E-state index is 12.0. The molecular formula is C14H27N3O2. The summed E-state index contributed by atoms with van der Waals surface area (Å²) < 4.78 is 0. The number of amides is 1. The van der Waals surface area contributed by atoms with Crippen molar-refractivity contribution in [3.63, 3.8) is 0 Å². The molecule has 2 saturated heterocycles. The summed E-state index contributed by atoms with van der Waals surface area (Å²) in [5.41, 5.74) is 5.46. The van der Waals surface area contributed by atoms with E-state index in [9.17, 15) is 9.90 Å². The van der Waals surface area contributed by atoms with Crippen LogP contribution in [0.5, 0.6) is 0 Å². The fraction of sp³-hybridized carbons (Fsp3) is 0.929. The highest BCUT2D eigenvalue weighted by atomic mass is 16.3. The molecule has 2 aliphatic heterocycles. The first kappa shape index (κ1) is 14.8. The minimum absolute atomic E-state index is 0.128. The fourth-order valence-electron chi connectivity index (χ4n) is 3.48. The van der Waals surface area contributed by atoms with Gasteiger partial charge in [-0.25, -0.2) is 0 Å². The van der Waals surface area contributed by atoms with Gasteiger partial charge in [0.2, 0.25) is 5.91 Å². The van der Waals surface area contributed by atoms with Crippen molar-refractivity contribution in [1.82, 2.24) is 9.80 Å². The number of aliphatic hydroxyl groups excluding tert-OH is 1. The van der Waals surface area contributed by atoms with Gasteiger partial charge in [-0.2, -0.15) is 0 Å². The number of carbonyl (C=O) groups excluding carboxylic acids is 1. The minimum Gasteiger partial charge on any atom is -0.393 e. The standard InChI is InChI=1S/C14H27N3O2/c1-16(7-2-6-15)14(19)5-8-17-11-3-4-12(17)10-13(18)9-11/h11-13,18H,2-10,15H2,1H3. The Balaban J connectivity index is 1.75. The monoisotopic (exact) mass is 269 g/mol. The molecule has 1 amide bonds. The van der Waals surface area contributed by atoms with E-state index in [0.29, 0.717) is 25.0 Å². The molecule has 0 spiro atoms. The lowest BCUT2D eigenvalue weighted by Gasteiger charge is -2.37. The van der Waals surface area contributed by atoms with Crippen molar-refractivity contribution < 1.29 is 9.90 Å². The maximum absolute atomic E-state index is 12.0. The second-order valence-corrected chi connectivity index (χ2v) is 5.96. The molecule has 0 aromatic rings. The maximum Gasteiger partial charge on any atom is 0.223 e. The Morgan fingerprint density at radius 1 is 1.37 bits per heavy atom. The van der Waals surface area contributed by atoms with Gasteiger partial charge in [-0.3, -0.25) is 9.69 Å². The second-order valence-electron chi connectivity index (χ2n) is 5.96. The highest BCUT2D eigenvalue weighted by Crippen LogP contribution is 2.35. The number of hydrogen-bond acceptors (Lipinski definition) is 4. The van der Waals surface area contributed by atoms with Crippen molar-refractivity contribution >= 4 is 5.91 Å². The fourth-order valence-corrected chi connectivity index (χ4v) is 3.48. The van der Waals surface area contributed by atoms with E-state index in [2.05, 4.69) is 4.90 Å². The SMILES string of the molecule is CN(CCCN)C(=O)CCN1C2CCC1CC(O)C2. The quantitative estimate of drug-likeness (QED) is 0.721. The molecule has 5 heteroatoms. The normalized spacial score (nSPS) is 30.6. The van der Waals surface area contributed by atoms with E-state index in [0.717, 1.165) is 32.4 Å². The van der Waals surface area contributed by atoms with E-state index < -0.39 is 0 Å². The summed E-state index contributed by atoms with van der Waals surface area (Å²) in [4.78, 5) is 16.2. The molecule has 0 radical (unpaired) electrons. The van der Waals surface area contributed by atoms with Crippen molar-refractivity contribution in [1.29, 1.82) is 0 Å². The Morgan fingerprint density at radius 3 is 2.58 bits per heavy atom. The highest BCUT2D eigenvalue weighted by molar-refractivity contribution is 5.76. The summed E-state index contributed by atoms with van der Waals surface area (Å²) >= 11 is 0. The molecule has 0 aliphatic carbocycles. The van der Waals surface area contributed by atoms with E-state index in [1.807, 2.05) is 7.05 Å². The van der Waals surface area contributed by atoms with Crippen molar-refractivity contribution in [2.75, 3.05) is 26.7 Å². The molecular weight excluding hydrogens is 242 g/mol. The molecule has 0 saturated carbocycles. The van der Waals surface area contributed by atoms with Crippen LogP contribution in [0.25, 0.3) is 0 Å². The third-order valence-electron chi connectivity index (χ3n) is 4.57. The van der Waals surface area contributed by atoms with Crippen LogP contribution >= 0.6 is 0 Å². The van der Waals surface area contributed by atoms with E-state index in [1.54, 1.807) is 4.90 Å². The third kappa shape index (κ3) is 3.68. The lowest BCUT2D eigenvalue weighted by Crippen LogP contribution is -2.46. The van der Waals surface area contributed by atoms with Crippen LogP contribution in [0.3, 0.4) is 0 Å². The summed E-state index contributed by atoms with van der Waals surface area (Å²) in [5.74, 6) is 0.207. The number of hydrogen-bond donors (Lipinski definition) is 2. The van der Waals surface area contributed by atoms with Gasteiger partial charge in [0.1, 0.15) is 0 Å². The van der Waals surface area contributed by atoms with Crippen LogP contribution in [0.15, 0.2) is 0 Å². The molecule has 2 aliphatic rings. The van der Waals surface area contributed by atoms with Gasteiger partial charge in [0.15, 0.2) is 0 Å². The minimum atomic E-state index is -0.128. The highest BCUT2D eigenvalue weighted by Gasteiger charge is 2.39. The van der Waals surface area contributed by atoms with Crippen LogP contribution in [0.4, 0.5) is 0 Å². The van der Waals surface area contributed by atoms with Crippen LogP contribution in [0.1, 0.15) is 38.5 Å². The van der Waals surface area contributed by atoms with Crippen LogP contribution in [-0.2, 0) is 4.79 Å². The molecule has 2 bridgehead atoms. The van der Waals surface area contributed by atoms with E-state index >= 15 is 0 Å². The number of fused-ring (bicyclic) bond motifs is 2. The van der Waals surface area contributed by atoms with Gasteiger partial charge in [-0.05, 0) is 38.6 Å². The van der Waals surface area contributed by atoms with Gasteiger partial charge >= 0.3 is 0 Å². The number of nitrogens with two attached hydrogens (primary N) is 1. The number of aliphatic hydroxyl groups is 1. The molecule has 0 aromatic heterocycles. The van der Waals surface area contributed by atoms with Crippen LogP contribution in [0, 0.1) is 0 Å². The summed E-state index contributed by atoms with van der Waals surface area (Å²) in [6.07, 6.45) is 5.45. The van der Waals surface area contributed by atoms with Gasteiger partial charge in [0, 0.05) is 38.6 Å². The molecule has 2 fully saturated rings. The van der Waals surface area contributed by atoms with Crippen molar-refractivity contribution in [3.8, 4) is 0 Å². The molecule has 3 N–H and O–H groups in total. The van der Waals surface area contributed by atoms with Crippen molar-refractivity contribution in [2.24, 2.45) is 5.73 Å². The van der Waals surface area contributed by atoms with Crippen molar-refractivity contribution in [3.05, 3.63) is 0 Å². The molecule has 19 heavy (non-hydrogen) atoms. The van der Waals surface area contributed by atoms with Gasteiger partial charge in [0.25, 0.3) is 0 Å². The van der Waals surface area contributed by atoms with Crippen LogP contribution in [0.2, 0.25) is 0 Å². The first-order valence-corrected chi connectivity index (χ1v) is 7.49. The Bertz CT molecular complexity index is 297. The molecule has 110 valence electrons. The summed E-state index contributed by atoms with van der Waals surface area (Å²) in [6, 6.07) is 0.992. The second kappa shape index (κ2) is 6.68. The molecule has 2 rings (SSSR count). The Kier molecular flexibility index (Phi) is 5.19. The Labute approximate surface area is 115 Å². The zero-order valence-corrected chi connectivity index (χ0v) is 11.9. The summed E-state index contributed by atoms with van der Waals surface area (Å²) in [5, 5.41) is 9.76. The molecule has 2 heterocycles. The number of carbonyl (C=O) groups is 1. The molecule has 0 aromatic carbocycles. The largest absolute Gasteiger partial charge is 0.393 e. The smallest absolute Gasteiger partial charge is 0.223 e. The van der Waals surface area contributed by atoms with Gasteiger partial charge in [-0.15, -0.1) is 0 Å². The third-order valence-corrected chi connectivity index (χ3v) is 4.57. The summed E-state index contributed by atoms with van der Waals surface area (Å²) in [6.45, 7) is 2.22. The van der Waals surface area contributed by atoms with E-state index in [1.165, 1.54) is 12.8 Å². The number of rotatable bonds is 6. The first-order valence-electron chi connectivity index (χ1n) is 7.49. The molecule has 5 nitrogen and oxygen atoms in total.